The normalized spacial score (nSPS) is 11.6. The van der Waals surface area contributed by atoms with E-state index in [0.29, 0.717) is 5.92 Å². The Labute approximate surface area is 368 Å². The molecule has 0 radical (unpaired) electrons. The first-order valence-electron chi connectivity index (χ1n) is 21.7. The van der Waals surface area contributed by atoms with E-state index < -0.39 is 0 Å². The number of para-hydroxylation sites is 4. The van der Waals surface area contributed by atoms with E-state index in [0.717, 1.165) is 72.9 Å². The molecule has 0 unspecified atom stereocenters. The van der Waals surface area contributed by atoms with Crippen molar-refractivity contribution in [3.63, 3.8) is 0 Å². The van der Waals surface area contributed by atoms with Gasteiger partial charge in [0, 0.05) is 65.1 Å². The average molecular weight is 813 g/mol. The molecule has 0 saturated carbocycles. The van der Waals surface area contributed by atoms with Crippen molar-refractivity contribution in [2.24, 2.45) is 7.05 Å². The molecule has 0 N–H and O–H groups in total. The first-order valence-corrected chi connectivity index (χ1v) is 21.7. The number of fused-ring (bicyclic) bond motifs is 4. The minimum absolute atomic E-state index is 0.386. The van der Waals surface area contributed by atoms with Gasteiger partial charge in [-0.1, -0.05) is 141 Å². The van der Waals surface area contributed by atoms with Crippen molar-refractivity contribution in [2.75, 3.05) is 4.90 Å². The molecule has 0 saturated heterocycles. The number of nitrogens with zero attached hydrogens (tertiary/aromatic N) is 5. The van der Waals surface area contributed by atoms with Crippen LogP contribution in [0.25, 0.3) is 77.7 Å². The molecule has 11 aromatic rings. The Morgan fingerprint density at radius 3 is 1.83 bits per heavy atom. The number of aryl methyl sites for hydroxylation is 1. The third kappa shape index (κ3) is 6.66. The number of aromatic nitrogens is 4. The molecule has 8 aromatic carbocycles. The predicted octanol–water partition coefficient (Wildman–Crippen LogP) is 15.3. The molecule has 0 atom stereocenters. The topological polar surface area (TPSA) is 30.9 Å². The lowest BCUT2D eigenvalue weighted by atomic mass is 9.93. The van der Waals surface area contributed by atoms with E-state index in [1.54, 1.807) is 0 Å². The van der Waals surface area contributed by atoms with Crippen LogP contribution in [0.1, 0.15) is 25.3 Å². The quantitative estimate of drug-likeness (QED) is 0.136. The molecule has 302 valence electrons. The molecule has 3 aromatic heterocycles. The van der Waals surface area contributed by atoms with E-state index in [9.17, 15) is 0 Å². The fourth-order valence-corrected chi connectivity index (χ4v) is 9.46. The van der Waals surface area contributed by atoms with Crippen molar-refractivity contribution < 1.29 is 0 Å². The summed E-state index contributed by atoms with van der Waals surface area (Å²) in [5.41, 5.74) is 17.0. The largest absolute Gasteiger partial charge is 0.308 e. The van der Waals surface area contributed by atoms with Gasteiger partial charge in [-0.15, -0.1) is 0 Å². The van der Waals surface area contributed by atoms with Gasteiger partial charge in [0.15, 0.2) is 17.4 Å². The first-order chi connectivity index (χ1) is 31.0. The molecule has 0 aliphatic carbocycles. The predicted molar refractivity (Wildman–Crippen MR) is 264 cm³/mol. The average Bonchev–Trinajstić information content (AvgIpc) is 3.86. The van der Waals surface area contributed by atoms with Crippen molar-refractivity contribution in [2.45, 2.75) is 19.8 Å². The van der Waals surface area contributed by atoms with E-state index in [4.69, 9.17) is 4.98 Å². The Bertz CT molecular complexity index is 3390. The third-order valence-corrected chi connectivity index (χ3v) is 12.4. The summed E-state index contributed by atoms with van der Waals surface area (Å²) >= 11 is 0. The molecule has 0 aliphatic heterocycles. The van der Waals surface area contributed by atoms with Crippen LogP contribution >= 0.6 is 0 Å². The highest BCUT2D eigenvalue weighted by atomic mass is 15.2. The van der Waals surface area contributed by atoms with Crippen LogP contribution in [-0.2, 0) is 7.05 Å². The molecule has 0 fully saturated rings. The third-order valence-electron chi connectivity index (χ3n) is 12.4. The van der Waals surface area contributed by atoms with Crippen LogP contribution in [0.3, 0.4) is 0 Å². The maximum absolute atomic E-state index is 5.10. The lowest BCUT2D eigenvalue weighted by molar-refractivity contribution is 0.869. The molecule has 0 aliphatic rings. The molecular weight excluding hydrogens is 767 g/mol. The number of hydrogen-bond acceptors (Lipinski definition) is 2. The van der Waals surface area contributed by atoms with Gasteiger partial charge in [0.05, 0.1) is 22.4 Å². The zero-order valence-electron chi connectivity index (χ0n) is 35.6. The van der Waals surface area contributed by atoms with Crippen LogP contribution in [0.4, 0.5) is 17.1 Å². The molecule has 11 rings (SSSR count). The summed E-state index contributed by atoms with van der Waals surface area (Å²) in [6, 6.07) is 74.5. The van der Waals surface area contributed by atoms with Gasteiger partial charge in [-0.25, -0.2) is 9.55 Å². The summed E-state index contributed by atoms with van der Waals surface area (Å²) < 4.78 is 6.82. The Balaban J connectivity index is 1.20. The van der Waals surface area contributed by atoms with Crippen molar-refractivity contribution in [3.8, 4) is 44.9 Å². The van der Waals surface area contributed by atoms with Crippen LogP contribution < -0.4 is 4.90 Å². The minimum atomic E-state index is 0.386. The van der Waals surface area contributed by atoms with Crippen molar-refractivity contribution in [1.82, 2.24) is 18.7 Å². The Morgan fingerprint density at radius 2 is 1.08 bits per heavy atom. The second-order valence-corrected chi connectivity index (χ2v) is 16.6. The number of rotatable bonds is 9. The number of imidazole rings is 1. The highest BCUT2D eigenvalue weighted by Crippen LogP contribution is 2.48. The Kier molecular flexibility index (Phi) is 9.51. The van der Waals surface area contributed by atoms with E-state index in [-0.39, 0.29) is 0 Å². The molecule has 0 spiro atoms. The van der Waals surface area contributed by atoms with E-state index in [1.165, 1.54) is 27.4 Å². The summed E-state index contributed by atoms with van der Waals surface area (Å²) in [5, 5.41) is 2.35. The molecule has 0 bridgehead atoms. The molecule has 63 heavy (non-hydrogen) atoms. The highest BCUT2D eigenvalue weighted by molar-refractivity contribution is 6.11. The smallest absolute Gasteiger partial charge is 0.191 e. The van der Waals surface area contributed by atoms with Crippen LogP contribution in [0, 0.1) is 0 Å². The van der Waals surface area contributed by atoms with E-state index in [2.05, 4.69) is 252 Å². The lowest BCUT2D eigenvalue weighted by Gasteiger charge is -2.30. The summed E-state index contributed by atoms with van der Waals surface area (Å²) in [7, 11) is 2.11. The van der Waals surface area contributed by atoms with Gasteiger partial charge < -0.3 is 4.90 Å². The standard InChI is InChI=1S/C58H46N5/c1-40(2)47-24-10-11-25-48(47)43-34-35-59-57(36-43)63-53-29-13-12-26-51(53)52-33-32-46(38-56(52)63)62(45-23-16-22-44(37-45)61-39-60(3)54-30-14-15-31-55(54)61)58-49(41-18-6-4-7-19-41)27-17-28-50(58)42-20-8-5-9-21-42/h4-40H,1-3H3/q+1. The number of anilines is 3. The van der Waals surface area contributed by atoms with Gasteiger partial charge in [0.1, 0.15) is 11.5 Å². The van der Waals surface area contributed by atoms with Crippen LogP contribution in [0.5, 0.6) is 0 Å². The van der Waals surface area contributed by atoms with Gasteiger partial charge in [0.25, 0.3) is 0 Å². The highest BCUT2D eigenvalue weighted by Gasteiger charge is 2.25. The molecule has 5 heteroatoms. The first kappa shape index (κ1) is 37.9. The number of hydrogen-bond donors (Lipinski definition) is 0. The summed E-state index contributed by atoms with van der Waals surface area (Å²) in [6.07, 6.45) is 4.13. The summed E-state index contributed by atoms with van der Waals surface area (Å²) in [4.78, 5) is 7.56. The van der Waals surface area contributed by atoms with Crippen molar-refractivity contribution in [1.29, 1.82) is 0 Å². The van der Waals surface area contributed by atoms with Gasteiger partial charge in [-0.05, 0) is 88.3 Å². The fraction of sp³-hybridized carbons (Fsp3) is 0.0690. The van der Waals surface area contributed by atoms with Gasteiger partial charge in [-0.2, -0.15) is 4.57 Å². The van der Waals surface area contributed by atoms with Crippen LogP contribution in [0.2, 0.25) is 0 Å². The van der Waals surface area contributed by atoms with Crippen molar-refractivity contribution in [3.05, 3.63) is 224 Å². The molecule has 0 amide bonds. The molecular formula is C58H46N5+. The Morgan fingerprint density at radius 1 is 0.476 bits per heavy atom. The second kappa shape index (κ2) is 15.8. The minimum Gasteiger partial charge on any atom is -0.308 e. The zero-order chi connectivity index (χ0) is 42.4. The van der Waals surface area contributed by atoms with Crippen LogP contribution in [0.15, 0.2) is 219 Å². The van der Waals surface area contributed by atoms with Crippen molar-refractivity contribution >= 4 is 49.9 Å². The Hall–Kier alpha value is -8.02. The monoisotopic (exact) mass is 812 g/mol. The number of benzene rings is 8. The SMILES string of the molecule is CC(C)c1ccccc1-c1ccnc(-n2c3ccccc3c3ccc(N(c4cccc(-n5[cH+]n(C)c6ccccc65)c4)c4c(-c5ccccc5)cccc4-c4ccccc4)cc32)c1. The van der Waals surface area contributed by atoms with Gasteiger partial charge in [0.2, 0.25) is 0 Å². The van der Waals surface area contributed by atoms with Crippen LogP contribution in [-0.4, -0.2) is 18.7 Å². The maximum atomic E-state index is 5.10. The molecule has 5 nitrogen and oxygen atoms in total. The lowest BCUT2D eigenvalue weighted by Crippen LogP contribution is -2.13. The zero-order valence-corrected chi connectivity index (χ0v) is 35.6. The number of pyridine rings is 1. The van der Waals surface area contributed by atoms with Gasteiger partial charge in [-0.3, -0.25) is 4.57 Å². The fourth-order valence-electron chi connectivity index (χ4n) is 9.46. The maximum Gasteiger partial charge on any atom is 0.191 e. The second-order valence-electron chi connectivity index (χ2n) is 16.6. The van der Waals surface area contributed by atoms with Gasteiger partial charge >= 0.3 is 0 Å². The molecule has 3 heterocycles. The van der Waals surface area contributed by atoms with E-state index >= 15 is 0 Å². The summed E-state index contributed by atoms with van der Waals surface area (Å²) in [5.74, 6) is 1.27. The van der Waals surface area contributed by atoms with E-state index in [1.807, 2.05) is 6.20 Å². The summed E-state index contributed by atoms with van der Waals surface area (Å²) in [6.45, 7) is 4.52.